The molecule has 1 heterocycles. The fourth-order valence-electron chi connectivity index (χ4n) is 3.11. The van der Waals surface area contributed by atoms with E-state index in [1.807, 2.05) is 24.3 Å². The molecule has 0 saturated carbocycles. The topological polar surface area (TPSA) is 49.6 Å². The number of benzene rings is 2. The van der Waals surface area contributed by atoms with Crippen LogP contribution in [0.5, 0.6) is 0 Å². The summed E-state index contributed by atoms with van der Waals surface area (Å²) in [7, 11) is 0. The Kier molecular flexibility index (Phi) is 5.28. The van der Waals surface area contributed by atoms with Gasteiger partial charge in [-0.2, -0.15) is 0 Å². The van der Waals surface area contributed by atoms with Crippen molar-refractivity contribution in [2.24, 2.45) is 5.73 Å². The third-order valence-corrected chi connectivity index (χ3v) is 4.55. The molecular formula is C20H25N3O. The van der Waals surface area contributed by atoms with Gasteiger partial charge < -0.3 is 10.6 Å². The Morgan fingerprint density at radius 2 is 1.62 bits per heavy atom. The summed E-state index contributed by atoms with van der Waals surface area (Å²) in [5, 5.41) is 0. The number of nitrogens with two attached hydrogens (primary N) is 1. The summed E-state index contributed by atoms with van der Waals surface area (Å²) in [6.45, 7) is 6.85. The van der Waals surface area contributed by atoms with Gasteiger partial charge in [0, 0.05) is 44.0 Å². The highest BCUT2D eigenvalue weighted by molar-refractivity contribution is 5.99. The zero-order chi connectivity index (χ0) is 16.9. The highest BCUT2D eigenvalue weighted by Crippen LogP contribution is 2.19. The first kappa shape index (κ1) is 16.7. The predicted octanol–water partition coefficient (Wildman–Crippen LogP) is 2.54. The molecule has 0 aliphatic carbocycles. The molecule has 2 aromatic carbocycles. The lowest BCUT2D eigenvalue weighted by Crippen LogP contribution is -2.45. The second kappa shape index (κ2) is 7.60. The second-order valence-corrected chi connectivity index (χ2v) is 6.45. The molecule has 0 amide bonds. The lowest BCUT2D eigenvalue weighted by atomic mass is 10.1. The number of hydrogen-bond donors (Lipinski definition) is 1. The van der Waals surface area contributed by atoms with Gasteiger partial charge in [0.1, 0.15) is 0 Å². The Morgan fingerprint density at radius 3 is 2.21 bits per heavy atom. The van der Waals surface area contributed by atoms with E-state index >= 15 is 0 Å². The molecule has 3 rings (SSSR count). The first-order valence-electron chi connectivity index (χ1n) is 8.54. The normalized spacial score (nSPS) is 16.8. The van der Waals surface area contributed by atoms with Gasteiger partial charge in [-0.3, -0.25) is 9.69 Å². The van der Waals surface area contributed by atoms with Crippen LogP contribution in [0.3, 0.4) is 0 Å². The van der Waals surface area contributed by atoms with E-state index in [-0.39, 0.29) is 5.78 Å². The van der Waals surface area contributed by atoms with Crippen molar-refractivity contribution < 1.29 is 4.79 Å². The third kappa shape index (κ3) is 4.02. The Bertz CT molecular complexity index is 659. The summed E-state index contributed by atoms with van der Waals surface area (Å²) in [6, 6.07) is 18.0. The molecule has 4 heteroatoms. The van der Waals surface area contributed by atoms with E-state index in [9.17, 15) is 4.79 Å². The van der Waals surface area contributed by atoms with E-state index in [1.54, 1.807) is 6.92 Å². The minimum absolute atomic E-state index is 0.00534. The van der Waals surface area contributed by atoms with Crippen molar-refractivity contribution in [3.05, 3.63) is 65.7 Å². The summed E-state index contributed by atoms with van der Waals surface area (Å²) < 4.78 is 0. The molecule has 1 aliphatic heterocycles. The van der Waals surface area contributed by atoms with Gasteiger partial charge >= 0.3 is 0 Å². The van der Waals surface area contributed by atoms with Crippen LogP contribution < -0.4 is 10.6 Å². The van der Waals surface area contributed by atoms with E-state index in [2.05, 4.69) is 40.1 Å². The largest absolute Gasteiger partial charge is 0.369 e. The number of rotatable bonds is 5. The van der Waals surface area contributed by atoms with Crippen molar-refractivity contribution in [2.75, 3.05) is 31.1 Å². The number of piperazine rings is 1. The van der Waals surface area contributed by atoms with E-state index < -0.39 is 6.04 Å². The third-order valence-electron chi connectivity index (χ3n) is 4.55. The van der Waals surface area contributed by atoms with Gasteiger partial charge in [0.15, 0.2) is 5.78 Å². The van der Waals surface area contributed by atoms with Crippen molar-refractivity contribution in [2.45, 2.75) is 19.5 Å². The molecule has 4 nitrogen and oxygen atoms in total. The van der Waals surface area contributed by atoms with Gasteiger partial charge in [-0.15, -0.1) is 0 Å². The van der Waals surface area contributed by atoms with Crippen LogP contribution in [0.4, 0.5) is 5.69 Å². The number of nitrogens with zero attached hydrogens (tertiary/aromatic N) is 2. The zero-order valence-corrected chi connectivity index (χ0v) is 14.2. The first-order valence-corrected chi connectivity index (χ1v) is 8.54. The molecule has 126 valence electrons. The highest BCUT2D eigenvalue weighted by atomic mass is 16.1. The first-order chi connectivity index (χ1) is 11.6. The molecule has 1 fully saturated rings. The maximum atomic E-state index is 11.9. The molecule has 0 bridgehead atoms. The maximum Gasteiger partial charge on any atom is 0.179 e. The molecule has 1 atom stereocenters. The molecule has 1 aliphatic rings. The zero-order valence-electron chi connectivity index (χ0n) is 14.2. The van der Waals surface area contributed by atoms with Gasteiger partial charge in [0.25, 0.3) is 0 Å². The fourth-order valence-corrected chi connectivity index (χ4v) is 3.11. The Labute approximate surface area is 143 Å². The predicted molar refractivity (Wildman–Crippen MR) is 98.4 cm³/mol. The van der Waals surface area contributed by atoms with Crippen LogP contribution in [0.2, 0.25) is 0 Å². The van der Waals surface area contributed by atoms with Gasteiger partial charge in [-0.1, -0.05) is 30.3 Å². The number of anilines is 1. The summed E-state index contributed by atoms with van der Waals surface area (Å²) in [6.07, 6.45) is 0. The number of ketones is 1. The standard InChI is InChI=1S/C20H25N3O/c1-16(21)20(24)18-7-9-19(10-8-18)23-13-11-22(12-14-23)15-17-5-3-2-4-6-17/h2-10,16H,11-15,21H2,1H3. The molecule has 0 spiro atoms. The lowest BCUT2D eigenvalue weighted by Gasteiger charge is -2.36. The molecule has 2 aromatic rings. The molecular weight excluding hydrogens is 298 g/mol. The quantitative estimate of drug-likeness (QED) is 0.859. The molecule has 1 saturated heterocycles. The summed E-state index contributed by atoms with van der Waals surface area (Å²) in [4.78, 5) is 16.8. The number of carbonyl (C=O) groups excluding carboxylic acids is 1. The Morgan fingerprint density at radius 1 is 1.00 bits per heavy atom. The molecule has 24 heavy (non-hydrogen) atoms. The number of carbonyl (C=O) groups is 1. The van der Waals surface area contributed by atoms with Crippen LogP contribution in [0.25, 0.3) is 0 Å². The minimum atomic E-state index is -0.447. The number of Topliss-reactive ketones (excluding diaryl/α,β-unsaturated/α-hetero) is 1. The Hall–Kier alpha value is -2.17. The fraction of sp³-hybridized carbons (Fsp3) is 0.350. The van der Waals surface area contributed by atoms with Crippen LogP contribution >= 0.6 is 0 Å². The van der Waals surface area contributed by atoms with Crippen molar-refractivity contribution in [1.82, 2.24) is 4.90 Å². The van der Waals surface area contributed by atoms with E-state index in [4.69, 9.17) is 5.73 Å². The molecule has 2 N–H and O–H groups in total. The summed E-state index contributed by atoms with van der Waals surface area (Å²) in [5.41, 5.74) is 8.90. The van der Waals surface area contributed by atoms with Crippen molar-refractivity contribution >= 4 is 11.5 Å². The van der Waals surface area contributed by atoms with Gasteiger partial charge in [0.2, 0.25) is 0 Å². The van der Waals surface area contributed by atoms with Crippen LogP contribution in [0, 0.1) is 0 Å². The van der Waals surface area contributed by atoms with Crippen LogP contribution in [-0.2, 0) is 6.54 Å². The molecule has 1 unspecified atom stereocenters. The van der Waals surface area contributed by atoms with Gasteiger partial charge in [-0.05, 0) is 36.8 Å². The molecule has 0 aromatic heterocycles. The van der Waals surface area contributed by atoms with Crippen molar-refractivity contribution in [3.8, 4) is 0 Å². The van der Waals surface area contributed by atoms with Crippen molar-refractivity contribution in [3.63, 3.8) is 0 Å². The smallest absolute Gasteiger partial charge is 0.179 e. The number of hydrogen-bond acceptors (Lipinski definition) is 4. The SMILES string of the molecule is CC(N)C(=O)c1ccc(N2CCN(Cc3ccccc3)CC2)cc1. The Balaban J connectivity index is 1.56. The maximum absolute atomic E-state index is 11.9. The monoisotopic (exact) mass is 323 g/mol. The van der Waals surface area contributed by atoms with Crippen LogP contribution in [0.1, 0.15) is 22.8 Å². The van der Waals surface area contributed by atoms with E-state index in [1.165, 1.54) is 11.3 Å². The van der Waals surface area contributed by atoms with Gasteiger partial charge in [-0.25, -0.2) is 0 Å². The second-order valence-electron chi connectivity index (χ2n) is 6.45. The van der Waals surface area contributed by atoms with Crippen LogP contribution in [-0.4, -0.2) is 42.9 Å². The lowest BCUT2D eigenvalue weighted by molar-refractivity contribution is 0.0968. The van der Waals surface area contributed by atoms with E-state index in [0.29, 0.717) is 5.56 Å². The van der Waals surface area contributed by atoms with Gasteiger partial charge in [0.05, 0.1) is 6.04 Å². The summed E-state index contributed by atoms with van der Waals surface area (Å²) >= 11 is 0. The van der Waals surface area contributed by atoms with E-state index in [0.717, 1.165) is 32.7 Å². The molecule has 0 radical (unpaired) electrons. The average Bonchev–Trinajstić information content (AvgIpc) is 2.63. The average molecular weight is 323 g/mol. The highest BCUT2D eigenvalue weighted by Gasteiger charge is 2.18. The summed E-state index contributed by atoms with van der Waals surface area (Å²) in [5.74, 6) is -0.00534. The van der Waals surface area contributed by atoms with Crippen molar-refractivity contribution in [1.29, 1.82) is 0 Å². The minimum Gasteiger partial charge on any atom is -0.369 e. The van der Waals surface area contributed by atoms with Crippen LogP contribution in [0.15, 0.2) is 54.6 Å².